The van der Waals surface area contributed by atoms with Crippen LogP contribution in [0.4, 0.5) is 28.9 Å². The Balaban J connectivity index is 0.000000184. The Labute approximate surface area is 507 Å². The summed E-state index contributed by atoms with van der Waals surface area (Å²) in [7, 11) is 3.00. The number of nitrogens with one attached hydrogen (secondary N) is 2. The van der Waals surface area contributed by atoms with Crippen molar-refractivity contribution in [1.82, 2.24) is 19.1 Å². The van der Waals surface area contributed by atoms with E-state index in [4.69, 9.17) is 59.0 Å². The third-order valence-corrected chi connectivity index (χ3v) is 13.9. The fraction of sp³-hybridized carbons (Fsp3) is 0.156. The van der Waals surface area contributed by atoms with Gasteiger partial charge in [0.25, 0.3) is 22.9 Å². The van der Waals surface area contributed by atoms with Gasteiger partial charge < -0.3 is 58.0 Å². The first kappa shape index (κ1) is 59.7. The second-order valence-electron chi connectivity index (χ2n) is 19.1. The molecule has 0 saturated heterocycles. The number of ether oxygens (including phenoxy) is 10. The van der Waals surface area contributed by atoms with Gasteiger partial charge in [0, 0.05) is 66.5 Å². The van der Waals surface area contributed by atoms with Crippen LogP contribution in [0.2, 0.25) is 5.02 Å². The Bertz CT molecular complexity index is 4530. The van der Waals surface area contributed by atoms with Crippen LogP contribution in [0, 0.1) is 23.3 Å². The summed E-state index contributed by atoms with van der Waals surface area (Å²) >= 11 is 6.47. The predicted octanol–water partition coefficient (Wildman–Crippen LogP) is 12.4. The van der Waals surface area contributed by atoms with Gasteiger partial charge >= 0.3 is 0 Å². The van der Waals surface area contributed by atoms with Gasteiger partial charge in [0.2, 0.25) is 11.5 Å². The average Bonchev–Trinajstić information content (AvgIpc) is 1.12. The molecule has 0 aliphatic carbocycles. The van der Waals surface area contributed by atoms with Crippen LogP contribution in [-0.2, 0) is 0 Å². The van der Waals surface area contributed by atoms with Crippen LogP contribution in [0.15, 0.2) is 150 Å². The molecular formula is C64H49ClF4N6O14. The number of halogens is 5. The summed E-state index contributed by atoms with van der Waals surface area (Å²) in [4.78, 5) is 62.2. The molecule has 25 heteroatoms. The molecule has 0 saturated carbocycles. The van der Waals surface area contributed by atoms with Crippen molar-refractivity contribution in [2.45, 2.75) is 13.8 Å². The van der Waals surface area contributed by atoms with E-state index >= 15 is 8.78 Å². The van der Waals surface area contributed by atoms with Crippen molar-refractivity contribution < 1.29 is 74.5 Å². The lowest BCUT2D eigenvalue weighted by molar-refractivity contribution is 0.101. The second-order valence-corrected chi connectivity index (χ2v) is 19.5. The minimum Gasteiger partial charge on any atom is -0.493 e. The highest BCUT2D eigenvalue weighted by molar-refractivity contribution is 6.34. The quantitative estimate of drug-likeness (QED) is 0.0859. The molecule has 2 aliphatic rings. The summed E-state index contributed by atoms with van der Waals surface area (Å²) in [6, 6.07) is 25.8. The molecule has 20 nitrogen and oxygen atoms in total. The van der Waals surface area contributed by atoms with Gasteiger partial charge in [-0.1, -0.05) is 17.7 Å². The van der Waals surface area contributed by atoms with Crippen LogP contribution in [-0.4, -0.2) is 84.8 Å². The van der Waals surface area contributed by atoms with Crippen molar-refractivity contribution in [2.24, 2.45) is 0 Å². The van der Waals surface area contributed by atoms with Gasteiger partial charge in [-0.15, -0.1) is 0 Å². The van der Waals surface area contributed by atoms with E-state index in [9.17, 15) is 28.0 Å². The number of hydrogen-bond donors (Lipinski definition) is 2. The Kier molecular flexibility index (Phi) is 17.4. The van der Waals surface area contributed by atoms with Gasteiger partial charge in [0.05, 0.1) is 65.6 Å². The maximum atomic E-state index is 15.5. The maximum absolute atomic E-state index is 15.5. The highest BCUT2D eigenvalue weighted by atomic mass is 35.5. The molecule has 0 spiro atoms. The maximum Gasteiger partial charge on any atom is 0.271 e. The van der Waals surface area contributed by atoms with Gasteiger partial charge in [-0.3, -0.25) is 38.3 Å². The SMILES string of the molecule is CCOc1ccn(-c2ccc(F)cc2)c(=O)c1C(=O)Nc1cc(F)c(Oc2ccnc3cc(OC)c4c(c23)OCCO4)cc1Cl.CCOc1ccn(-c2cccc(F)c2)c(=O)c1C(=O)Nc1ccc(Oc2ccnc3cc(OC)c4c(c23)OCCO4)c(F)c1. The van der Waals surface area contributed by atoms with E-state index in [0.717, 1.165) is 27.3 Å². The highest BCUT2D eigenvalue weighted by Gasteiger charge is 2.29. The molecule has 2 amide bonds. The Morgan fingerprint density at radius 2 is 1.04 bits per heavy atom. The van der Waals surface area contributed by atoms with Crippen molar-refractivity contribution in [3.8, 4) is 80.4 Å². The van der Waals surface area contributed by atoms with E-state index in [1.165, 1.54) is 118 Å². The number of amides is 2. The number of benzene rings is 6. The summed E-state index contributed by atoms with van der Waals surface area (Å²) in [6.45, 7) is 4.96. The molecule has 0 unspecified atom stereocenters. The van der Waals surface area contributed by atoms with E-state index in [-0.39, 0.29) is 87.5 Å². The van der Waals surface area contributed by atoms with E-state index < -0.39 is 46.2 Å². The van der Waals surface area contributed by atoms with Crippen LogP contribution in [0.25, 0.3) is 33.2 Å². The third kappa shape index (κ3) is 12.3. The zero-order valence-corrected chi connectivity index (χ0v) is 48.2. The smallest absolute Gasteiger partial charge is 0.271 e. The Morgan fingerprint density at radius 3 is 1.57 bits per heavy atom. The fourth-order valence-electron chi connectivity index (χ4n) is 9.64. The van der Waals surface area contributed by atoms with Crippen LogP contribution in [0.1, 0.15) is 34.6 Å². The van der Waals surface area contributed by atoms with Gasteiger partial charge in [-0.05, 0) is 92.7 Å². The molecule has 0 radical (unpaired) electrons. The molecule has 2 aliphatic heterocycles. The molecular weight excluding hydrogens is 1190 g/mol. The standard InChI is InChI=1S/C32H24ClF2N3O7.C32H25F2N3O7/c1-3-42-23-9-11-38(18-6-4-17(34)5-7-18)32(40)28(23)31(39)37-21-15-20(35)25(14-19(21)33)45-24-8-10-36-22-16-26(41-2)29-30(27(22)24)44-13-12-43-29;1-3-41-24-10-12-37(20-6-4-5-18(33)15-20)32(39)28(24)31(38)36-19-7-8-23(21(34)16-19)44-25-9-11-35-22-17-26(40-2)29-30(27(22)25)43-14-13-42-29/h4-11,14-16H,3,12-13H2,1-2H3,(H,37,39);4-12,15-17H,3,13-14H2,1-2H3,(H,36,38). The largest absolute Gasteiger partial charge is 0.493 e. The molecule has 6 heterocycles. The van der Waals surface area contributed by atoms with E-state index in [2.05, 4.69) is 20.6 Å². The first-order valence-electron chi connectivity index (χ1n) is 27.2. The van der Waals surface area contributed by atoms with E-state index in [1.807, 2.05) is 0 Å². The average molecular weight is 1240 g/mol. The summed E-state index contributed by atoms with van der Waals surface area (Å²) in [5.41, 5.74) is -0.730. The van der Waals surface area contributed by atoms with Crippen LogP contribution in [0.3, 0.4) is 0 Å². The molecule has 0 fully saturated rings. The second kappa shape index (κ2) is 25.9. The number of fused-ring (bicyclic) bond motifs is 6. The van der Waals surface area contributed by atoms with Crippen LogP contribution < -0.4 is 69.1 Å². The lowest BCUT2D eigenvalue weighted by atomic mass is 10.1. The molecule has 2 N–H and O–H groups in total. The third-order valence-electron chi connectivity index (χ3n) is 13.6. The topological polar surface area (TPSA) is 220 Å². The Morgan fingerprint density at radius 1 is 0.528 bits per heavy atom. The van der Waals surface area contributed by atoms with Crippen molar-refractivity contribution in [3.63, 3.8) is 0 Å². The molecule has 10 aromatic rings. The number of hydrogen-bond acceptors (Lipinski definition) is 16. The molecule has 89 heavy (non-hydrogen) atoms. The normalized spacial score (nSPS) is 12.1. The van der Waals surface area contributed by atoms with Gasteiger partial charge in [-0.2, -0.15) is 0 Å². The van der Waals surface area contributed by atoms with E-state index in [1.54, 1.807) is 32.0 Å². The molecule has 4 aromatic heterocycles. The predicted molar refractivity (Wildman–Crippen MR) is 319 cm³/mol. The minimum absolute atomic E-state index is 0.00522. The summed E-state index contributed by atoms with van der Waals surface area (Å²) < 4.78 is 117. The van der Waals surface area contributed by atoms with Crippen molar-refractivity contribution in [3.05, 3.63) is 200 Å². The summed E-state index contributed by atoms with van der Waals surface area (Å²) in [6.07, 6.45) is 5.78. The van der Waals surface area contributed by atoms with Crippen molar-refractivity contribution in [2.75, 3.05) is 64.5 Å². The van der Waals surface area contributed by atoms with Gasteiger partial charge in [0.15, 0.2) is 46.1 Å². The monoisotopic (exact) mass is 1240 g/mol. The summed E-state index contributed by atoms with van der Waals surface area (Å²) in [5.74, 6) is -1.96. The number of anilines is 2. The number of nitrogens with zero attached hydrogens (tertiary/aromatic N) is 4. The highest BCUT2D eigenvalue weighted by Crippen LogP contribution is 2.50. The zero-order chi connectivity index (χ0) is 62.5. The Hall–Kier alpha value is -11.0. The molecule has 0 bridgehead atoms. The zero-order valence-electron chi connectivity index (χ0n) is 47.4. The number of aromatic nitrogens is 4. The molecule has 454 valence electrons. The molecule has 6 aromatic carbocycles. The summed E-state index contributed by atoms with van der Waals surface area (Å²) in [5, 5.41) is 5.86. The van der Waals surface area contributed by atoms with Gasteiger partial charge in [-0.25, -0.2) is 17.6 Å². The first-order chi connectivity index (χ1) is 43.2. The minimum atomic E-state index is -0.896. The van der Waals surface area contributed by atoms with Crippen molar-refractivity contribution >= 4 is 56.6 Å². The first-order valence-corrected chi connectivity index (χ1v) is 27.6. The fourth-order valence-corrected chi connectivity index (χ4v) is 9.84. The number of carbonyl (C=O) groups is 2. The molecule has 12 rings (SSSR count). The lowest BCUT2D eigenvalue weighted by Crippen LogP contribution is -2.29. The number of methoxy groups -OCH3 is 2. The number of pyridine rings is 4. The van der Waals surface area contributed by atoms with Crippen LogP contribution in [0.5, 0.6) is 69.0 Å². The molecule has 0 atom stereocenters. The van der Waals surface area contributed by atoms with Crippen molar-refractivity contribution in [1.29, 1.82) is 0 Å². The number of carbonyl (C=O) groups excluding carboxylic acids is 2. The van der Waals surface area contributed by atoms with Crippen LogP contribution >= 0.6 is 11.6 Å². The lowest BCUT2D eigenvalue weighted by Gasteiger charge is -2.23. The number of rotatable bonds is 16. The van der Waals surface area contributed by atoms with E-state index in [0.29, 0.717) is 81.8 Å². The van der Waals surface area contributed by atoms with Gasteiger partial charge in [0.1, 0.15) is 72.2 Å².